The van der Waals surface area contributed by atoms with Gasteiger partial charge in [-0.15, -0.1) is 11.3 Å². The van der Waals surface area contributed by atoms with Crippen LogP contribution in [-0.4, -0.2) is 52.7 Å². The molecule has 1 fully saturated rings. The molecule has 0 amide bonds. The van der Waals surface area contributed by atoms with Gasteiger partial charge in [0.1, 0.15) is 22.4 Å². The van der Waals surface area contributed by atoms with Gasteiger partial charge in [-0.3, -0.25) is 10.4 Å². The van der Waals surface area contributed by atoms with E-state index in [0.717, 1.165) is 42.9 Å². The van der Waals surface area contributed by atoms with Crippen LogP contribution >= 0.6 is 11.3 Å². The van der Waals surface area contributed by atoms with Gasteiger partial charge in [0.2, 0.25) is 0 Å². The van der Waals surface area contributed by atoms with E-state index in [0.29, 0.717) is 23.0 Å². The van der Waals surface area contributed by atoms with Gasteiger partial charge >= 0.3 is 0 Å². The summed E-state index contributed by atoms with van der Waals surface area (Å²) in [6.07, 6.45) is 3.51. The molecule has 4 rings (SSSR count). The lowest BCUT2D eigenvalue weighted by molar-refractivity contribution is 0.0312. The lowest BCUT2D eigenvalue weighted by Crippen LogP contribution is -2.46. The fourth-order valence-electron chi connectivity index (χ4n) is 3.45. The van der Waals surface area contributed by atoms with Gasteiger partial charge in [-0.25, -0.2) is 9.99 Å². The minimum Gasteiger partial charge on any atom is -0.509 e. The zero-order valence-corrected chi connectivity index (χ0v) is 15.6. The summed E-state index contributed by atoms with van der Waals surface area (Å²) >= 11 is 1.46. The molecule has 0 aliphatic carbocycles. The highest BCUT2D eigenvalue weighted by atomic mass is 32.1. The molecule has 6 nitrogen and oxygen atoms in total. The van der Waals surface area contributed by atoms with Gasteiger partial charge in [0, 0.05) is 24.0 Å². The van der Waals surface area contributed by atoms with Gasteiger partial charge in [-0.05, 0) is 25.0 Å². The molecule has 0 atom stereocenters. The van der Waals surface area contributed by atoms with Gasteiger partial charge in [0.15, 0.2) is 0 Å². The first kappa shape index (κ1) is 17.1. The number of benzene rings is 1. The van der Waals surface area contributed by atoms with Crippen LogP contribution in [-0.2, 0) is 0 Å². The number of nitrogens with one attached hydrogen (secondary N) is 1. The normalized spacial score (nSPS) is 18.7. The summed E-state index contributed by atoms with van der Waals surface area (Å²) in [6, 6.07) is 7.75. The van der Waals surface area contributed by atoms with Crippen molar-refractivity contribution in [3.8, 4) is 17.0 Å². The number of aromatic nitrogens is 1. The molecule has 2 aromatic rings. The smallest absolute Gasteiger partial charge is 0.149 e. The van der Waals surface area contributed by atoms with Crippen LogP contribution in [0.25, 0.3) is 16.8 Å². The third-order valence-corrected chi connectivity index (χ3v) is 5.70. The van der Waals surface area contributed by atoms with Crippen molar-refractivity contribution in [3.05, 3.63) is 40.4 Å². The summed E-state index contributed by atoms with van der Waals surface area (Å²) in [6.45, 7) is 2.24. The summed E-state index contributed by atoms with van der Waals surface area (Å²) < 4.78 is 5.28. The van der Waals surface area contributed by atoms with E-state index in [2.05, 4.69) is 9.99 Å². The Hall–Kier alpha value is -2.38. The molecular weight excluding hydrogens is 348 g/mol. The Morgan fingerprint density at radius 3 is 2.81 bits per heavy atom. The lowest BCUT2D eigenvalue weighted by Gasteiger charge is -2.35. The number of aliphatic hydroxyl groups excluding tert-OH is 1. The number of nitrogens with zero attached hydrogens (tertiary/aromatic N) is 3. The standard InChI is InChI=1S/C19H22N4O2S/c1-25-14-7-5-6-13(10-14)15-12-26-19(21-15)17-16(24)11-23(18(17)20)22-8-3-2-4-9-22/h5-7,10,12,20,24H,2-4,8-9,11H2,1H3. The molecule has 136 valence electrons. The van der Waals surface area contributed by atoms with Crippen LogP contribution < -0.4 is 4.74 Å². The summed E-state index contributed by atoms with van der Waals surface area (Å²) in [5.41, 5.74) is 2.34. The van der Waals surface area contributed by atoms with Gasteiger partial charge in [0.25, 0.3) is 0 Å². The summed E-state index contributed by atoms with van der Waals surface area (Å²) in [7, 11) is 1.64. The van der Waals surface area contributed by atoms with Gasteiger partial charge in [0.05, 0.1) is 24.9 Å². The summed E-state index contributed by atoms with van der Waals surface area (Å²) in [5.74, 6) is 1.35. The number of ether oxygens (including phenoxy) is 1. The highest BCUT2D eigenvalue weighted by molar-refractivity contribution is 7.11. The summed E-state index contributed by atoms with van der Waals surface area (Å²) in [5, 5.41) is 25.8. The maximum atomic E-state index is 10.5. The van der Waals surface area contributed by atoms with Gasteiger partial charge in [-0.1, -0.05) is 18.6 Å². The molecule has 2 aliphatic heterocycles. The molecule has 3 heterocycles. The van der Waals surface area contributed by atoms with Crippen molar-refractivity contribution in [2.45, 2.75) is 19.3 Å². The molecule has 2 N–H and O–H groups in total. The van der Waals surface area contributed by atoms with Crippen molar-refractivity contribution >= 4 is 22.7 Å². The average Bonchev–Trinajstić information content (AvgIpc) is 3.27. The Balaban J connectivity index is 1.58. The van der Waals surface area contributed by atoms with E-state index in [1.165, 1.54) is 17.8 Å². The number of hydrazine groups is 1. The first-order valence-electron chi connectivity index (χ1n) is 8.81. The number of hydrogen-bond acceptors (Lipinski definition) is 6. The average molecular weight is 370 g/mol. The molecule has 0 radical (unpaired) electrons. The molecule has 0 saturated carbocycles. The molecule has 7 heteroatoms. The first-order valence-corrected chi connectivity index (χ1v) is 9.69. The largest absolute Gasteiger partial charge is 0.509 e. The lowest BCUT2D eigenvalue weighted by atomic mass is 10.1. The number of hydrogen-bond donors (Lipinski definition) is 2. The van der Waals surface area contributed by atoms with Crippen LogP contribution in [0.3, 0.4) is 0 Å². The van der Waals surface area contributed by atoms with Crippen LogP contribution in [0.5, 0.6) is 5.75 Å². The van der Waals surface area contributed by atoms with Crippen LogP contribution in [0.15, 0.2) is 35.4 Å². The second-order valence-electron chi connectivity index (χ2n) is 6.51. The Labute approximate surface area is 156 Å². The Morgan fingerprint density at radius 2 is 2.04 bits per heavy atom. The molecule has 1 saturated heterocycles. The van der Waals surface area contributed by atoms with Crippen LogP contribution in [0.2, 0.25) is 0 Å². The number of amidine groups is 1. The van der Waals surface area contributed by atoms with Crippen molar-refractivity contribution in [1.29, 1.82) is 5.41 Å². The maximum absolute atomic E-state index is 10.5. The molecule has 0 bridgehead atoms. The minimum atomic E-state index is 0.229. The van der Waals surface area contributed by atoms with E-state index in [9.17, 15) is 5.11 Å². The Bertz CT molecular complexity index is 855. The quantitative estimate of drug-likeness (QED) is 0.857. The van der Waals surface area contributed by atoms with Crippen molar-refractivity contribution in [1.82, 2.24) is 15.0 Å². The number of aliphatic hydroxyl groups is 1. The van der Waals surface area contributed by atoms with Crippen LogP contribution in [0.4, 0.5) is 0 Å². The SMILES string of the molecule is COc1cccc(-c2csc(C3=C(O)CN(N4CCCCC4)C3=N)n2)c1. The Morgan fingerprint density at radius 1 is 1.23 bits per heavy atom. The minimum absolute atomic E-state index is 0.229. The maximum Gasteiger partial charge on any atom is 0.149 e. The second kappa shape index (κ2) is 7.09. The highest BCUT2D eigenvalue weighted by Gasteiger charge is 2.34. The predicted octanol–water partition coefficient (Wildman–Crippen LogP) is 3.78. The highest BCUT2D eigenvalue weighted by Crippen LogP contribution is 2.34. The fourth-order valence-corrected chi connectivity index (χ4v) is 4.35. The molecule has 1 aromatic heterocycles. The zero-order valence-electron chi connectivity index (χ0n) is 14.7. The first-order chi connectivity index (χ1) is 12.7. The molecule has 2 aliphatic rings. The molecule has 0 spiro atoms. The van der Waals surface area contributed by atoms with E-state index >= 15 is 0 Å². The van der Waals surface area contributed by atoms with E-state index in [4.69, 9.17) is 10.1 Å². The van der Waals surface area contributed by atoms with E-state index in [1.807, 2.05) is 34.7 Å². The zero-order chi connectivity index (χ0) is 18.1. The molecule has 1 aromatic carbocycles. The second-order valence-corrected chi connectivity index (χ2v) is 7.37. The molecule has 0 unspecified atom stereocenters. The topological polar surface area (TPSA) is 72.7 Å². The third kappa shape index (κ3) is 3.08. The van der Waals surface area contributed by atoms with Crippen molar-refractivity contribution in [2.75, 3.05) is 26.7 Å². The van der Waals surface area contributed by atoms with Crippen LogP contribution in [0.1, 0.15) is 24.3 Å². The van der Waals surface area contributed by atoms with Crippen molar-refractivity contribution in [3.63, 3.8) is 0 Å². The number of methoxy groups -OCH3 is 1. The van der Waals surface area contributed by atoms with E-state index in [-0.39, 0.29) is 5.76 Å². The van der Waals surface area contributed by atoms with E-state index in [1.54, 1.807) is 7.11 Å². The fraction of sp³-hybridized carbons (Fsp3) is 0.368. The molecular formula is C19H22N4O2S. The third-order valence-electron chi connectivity index (χ3n) is 4.84. The Kier molecular flexibility index (Phi) is 4.65. The summed E-state index contributed by atoms with van der Waals surface area (Å²) in [4.78, 5) is 4.68. The van der Waals surface area contributed by atoms with Crippen molar-refractivity contribution in [2.24, 2.45) is 0 Å². The number of piperidine rings is 1. The van der Waals surface area contributed by atoms with E-state index < -0.39 is 0 Å². The predicted molar refractivity (Wildman–Crippen MR) is 104 cm³/mol. The van der Waals surface area contributed by atoms with Crippen LogP contribution in [0, 0.1) is 5.41 Å². The van der Waals surface area contributed by atoms with Gasteiger partial charge in [-0.2, -0.15) is 0 Å². The van der Waals surface area contributed by atoms with Crippen molar-refractivity contribution < 1.29 is 9.84 Å². The van der Waals surface area contributed by atoms with Gasteiger partial charge < -0.3 is 9.84 Å². The number of thiazole rings is 1. The monoisotopic (exact) mass is 370 g/mol. The molecule has 26 heavy (non-hydrogen) atoms. The number of rotatable bonds is 4.